The zero-order chi connectivity index (χ0) is 15.2. The molecule has 1 rings (SSSR count). The zero-order valence-corrected chi connectivity index (χ0v) is 10.9. The fraction of sp³-hybridized carbons (Fsp3) is 0.462. The Morgan fingerprint density at radius 1 is 1.30 bits per heavy atom. The third kappa shape index (κ3) is 6.40. The minimum Gasteiger partial charge on any atom is -0.338 e. The summed E-state index contributed by atoms with van der Waals surface area (Å²) >= 11 is 0. The highest BCUT2D eigenvalue weighted by Gasteiger charge is 2.26. The number of nitrogens with one attached hydrogen (secondary N) is 2. The van der Waals surface area contributed by atoms with Crippen LogP contribution >= 0.6 is 0 Å². The fourth-order valence-corrected chi connectivity index (χ4v) is 1.64. The third-order valence-corrected chi connectivity index (χ3v) is 2.56. The summed E-state index contributed by atoms with van der Waals surface area (Å²) in [6.45, 7) is 1.16. The summed E-state index contributed by atoms with van der Waals surface area (Å²) in [5.41, 5.74) is 0.440. The van der Waals surface area contributed by atoms with Crippen molar-refractivity contribution in [1.82, 2.24) is 10.6 Å². The van der Waals surface area contributed by atoms with Gasteiger partial charge in [0.25, 0.3) is 0 Å². The maximum Gasteiger partial charge on any atom is 0.390 e. The molecule has 1 aromatic rings. The van der Waals surface area contributed by atoms with Crippen molar-refractivity contribution in [2.24, 2.45) is 0 Å². The molecule has 0 aromatic heterocycles. The number of amides is 2. The minimum absolute atomic E-state index is 0.263. The number of hydrogen-bond donors (Lipinski definition) is 2. The average Bonchev–Trinajstić information content (AvgIpc) is 2.30. The minimum atomic E-state index is -4.30. The summed E-state index contributed by atoms with van der Waals surface area (Å²) in [4.78, 5) is 11.3. The lowest BCUT2D eigenvalue weighted by Crippen LogP contribution is -2.42. The molecule has 0 spiro atoms. The van der Waals surface area contributed by atoms with Gasteiger partial charge >= 0.3 is 12.2 Å². The van der Waals surface area contributed by atoms with Gasteiger partial charge in [0.1, 0.15) is 5.82 Å². The molecule has 0 bridgehead atoms. The molecule has 0 unspecified atom stereocenters. The van der Waals surface area contributed by atoms with Crippen molar-refractivity contribution in [3.8, 4) is 0 Å². The first-order valence-corrected chi connectivity index (χ1v) is 6.12. The van der Waals surface area contributed by atoms with Gasteiger partial charge in [-0.15, -0.1) is 0 Å². The van der Waals surface area contributed by atoms with E-state index >= 15 is 0 Å². The Bertz CT molecular complexity index is 448. The van der Waals surface area contributed by atoms with Gasteiger partial charge in [0.05, 0.1) is 6.42 Å². The predicted octanol–water partition coefficient (Wildman–Crippen LogP) is 3.01. The Balaban J connectivity index is 2.33. The van der Waals surface area contributed by atoms with E-state index < -0.39 is 31.2 Å². The van der Waals surface area contributed by atoms with E-state index in [2.05, 4.69) is 10.6 Å². The zero-order valence-electron chi connectivity index (χ0n) is 10.9. The second kappa shape index (κ2) is 7.12. The van der Waals surface area contributed by atoms with E-state index in [1.165, 1.54) is 6.07 Å². The van der Waals surface area contributed by atoms with Crippen molar-refractivity contribution in [3.63, 3.8) is 0 Å². The van der Waals surface area contributed by atoms with Gasteiger partial charge in [-0.25, -0.2) is 9.18 Å². The molecule has 0 fully saturated rings. The normalized spacial score (nSPS) is 12.8. The fourth-order valence-electron chi connectivity index (χ4n) is 1.64. The second-order valence-electron chi connectivity index (χ2n) is 4.46. The van der Waals surface area contributed by atoms with E-state index in [1.807, 2.05) is 0 Å². The number of carbonyl (C=O) groups is 1. The van der Waals surface area contributed by atoms with Crippen molar-refractivity contribution < 1.29 is 22.4 Å². The van der Waals surface area contributed by atoms with Crippen LogP contribution in [0.4, 0.5) is 22.4 Å². The van der Waals surface area contributed by atoms with Crippen LogP contribution in [0.1, 0.15) is 18.9 Å². The molecule has 112 valence electrons. The molecular weight excluding hydrogens is 276 g/mol. The lowest BCUT2D eigenvalue weighted by Gasteiger charge is -2.15. The number of benzene rings is 1. The monoisotopic (exact) mass is 292 g/mol. The molecule has 20 heavy (non-hydrogen) atoms. The largest absolute Gasteiger partial charge is 0.390 e. The molecule has 0 saturated heterocycles. The summed E-state index contributed by atoms with van der Waals surface area (Å²) in [5.74, 6) is -0.376. The van der Waals surface area contributed by atoms with Gasteiger partial charge in [0.15, 0.2) is 0 Å². The summed E-state index contributed by atoms with van der Waals surface area (Å²) in [7, 11) is 0. The molecular formula is C13H16F4N2O. The van der Waals surface area contributed by atoms with Crippen molar-refractivity contribution in [2.45, 2.75) is 32.0 Å². The lowest BCUT2D eigenvalue weighted by molar-refractivity contribution is -0.132. The quantitative estimate of drug-likeness (QED) is 0.805. The van der Waals surface area contributed by atoms with Crippen molar-refractivity contribution in [2.75, 3.05) is 6.54 Å². The molecule has 1 aromatic carbocycles. The molecule has 0 radical (unpaired) electrons. The van der Waals surface area contributed by atoms with Crippen LogP contribution in [0.2, 0.25) is 0 Å². The molecule has 7 heteroatoms. The number of alkyl halides is 3. The van der Waals surface area contributed by atoms with Crippen LogP contribution in [0.15, 0.2) is 24.3 Å². The Hall–Kier alpha value is -1.79. The maximum absolute atomic E-state index is 13.4. The van der Waals surface area contributed by atoms with Gasteiger partial charge in [-0.1, -0.05) is 18.2 Å². The Morgan fingerprint density at radius 2 is 1.95 bits per heavy atom. The van der Waals surface area contributed by atoms with E-state index in [0.717, 1.165) is 0 Å². The smallest absolute Gasteiger partial charge is 0.338 e. The van der Waals surface area contributed by atoms with Crippen molar-refractivity contribution in [1.29, 1.82) is 0 Å². The number of hydrogen-bond acceptors (Lipinski definition) is 1. The van der Waals surface area contributed by atoms with E-state index in [-0.39, 0.29) is 12.2 Å². The predicted molar refractivity (Wildman–Crippen MR) is 66.8 cm³/mol. The van der Waals surface area contributed by atoms with E-state index in [4.69, 9.17) is 0 Å². The van der Waals surface area contributed by atoms with Crippen LogP contribution in [-0.4, -0.2) is 24.8 Å². The number of urea groups is 1. The average molecular weight is 292 g/mol. The van der Waals surface area contributed by atoms with Gasteiger partial charge in [0, 0.05) is 12.6 Å². The second-order valence-corrected chi connectivity index (χ2v) is 4.46. The highest BCUT2D eigenvalue weighted by molar-refractivity contribution is 5.74. The van der Waals surface area contributed by atoms with Gasteiger partial charge in [-0.3, -0.25) is 0 Å². The van der Waals surface area contributed by atoms with Crippen LogP contribution in [0.5, 0.6) is 0 Å². The third-order valence-electron chi connectivity index (χ3n) is 2.56. The van der Waals surface area contributed by atoms with E-state index in [1.54, 1.807) is 25.1 Å². The van der Waals surface area contributed by atoms with Gasteiger partial charge < -0.3 is 10.6 Å². The van der Waals surface area contributed by atoms with Gasteiger partial charge in [0.2, 0.25) is 0 Å². The first-order valence-electron chi connectivity index (χ1n) is 6.12. The van der Waals surface area contributed by atoms with Gasteiger partial charge in [-0.2, -0.15) is 13.2 Å². The highest BCUT2D eigenvalue weighted by Crippen LogP contribution is 2.18. The summed E-state index contributed by atoms with van der Waals surface area (Å²) in [6.07, 6.45) is -5.12. The first-order chi connectivity index (χ1) is 9.28. The molecule has 0 heterocycles. The summed E-state index contributed by atoms with van der Waals surface area (Å²) < 4.78 is 49.0. The van der Waals surface area contributed by atoms with Crippen LogP contribution in [0, 0.1) is 5.82 Å². The lowest BCUT2D eigenvalue weighted by atomic mass is 10.1. The molecule has 2 N–H and O–H groups in total. The molecule has 3 nitrogen and oxygen atoms in total. The van der Waals surface area contributed by atoms with E-state index in [9.17, 15) is 22.4 Å². The number of carbonyl (C=O) groups excluding carboxylic acids is 1. The van der Waals surface area contributed by atoms with Crippen molar-refractivity contribution in [3.05, 3.63) is 35.6 Å². The standard InChI is InChI=1S/C13H16F4N2O/c1-9(8-10-4-2-3-5-11(10)14)19-12(20)18-7-6-13(15,16)17/h2-5,9H,6-8H2,1H3,(H2,18,19,20)/t9-/m0/s1. The molecule has 2 amide bonds. The van der Waals surface area contributed by atoms with Crippen LogP contribution < -0.4 is 10.6 Å². The van der Waals surface area contributed by atoms with Crippen LogP contribution in [0.3, 0.4) is 0 Å². The number of halogens is 4. The Kier molecular flexibility index (Phi) is 5.79. The topological polar surface area (TPSA) is 41.1 Å². The molecule has 0 aliphatic rings. The SMILES string of the molecule is C[C@@H](Cc1ccccc1F)NC(=O)NCCC(F)(F)F. The molecule has 0 aliphatic heterocycles. The first kappa shape index (κ1) is 16.3. The van der Waals surface area contributed by atoms with Crippen molar-refractivity contribution >= 4 is 6.03 Å². The maximum atomic E-state index is 13.4. The Labute approximate surface area is 114 Å². The van der Waals surface area contributed by atoms with Crippen LogP contribution in [-0.2, 0) is 6.42 Å². The summed E-state index contributed by atoms with van der Waals surface area (Å²) in [6, 6.07) is 5.05. The van der Waals surface area contributed by atoms with E-state index in [0.29, 0.717) is 5.56 Å². The molecule has 0 saturated carbocycles. The summed E-state index contributed by atoms with van der Waals surface area (Å²) in [5, 5.41) is 4.56. The molecule has 0 aliphatic carbocycles. The highest BCUT2D eigenvalue weighted by atomic mass is 19.4. The van der Waals surface area contributed by atoms with Gasteiger partial charge in [-0.05, 0) is 25.0 Å². The van der Waals surface area contributed by atoms with Crippen LogP contribution in [0.25, 0.3) is 0 Å². The Morgan fingerprint density at radius 3 is 2.55 bits per heavy atom. The molecule has 1 atom stereocenters. The number of rotatable bonds is 5.